The number of phenols is 1. The molecule has 0 aliphatic carbocycles. The van der Waals surface area contributed by atoms with Gasteiger partial charge in [-0.05, 0) is 26.0 Å². The maximum Gasteiger partial charge on any atom is 0.165 e. The Kier molecular flexibility index (Phi) is 3.15. The second-order valence-corrected chi connectivity index (χ2v) is 4.14. The molecule has 0 aliphatic rings. The number of carbonyl (C=O) groups is 1. The van der Waals surface area contributed by atoms with Gasteiger partial charge in [-0.2, -0.15) is 0 Å². The van der Waals surface area contributed by atoms with E-state index in [0.29, 0.717) is 30.5 Å². The molecule has 0 unspecified atom stereocenters. The van der Waals surface area contributed by atoms with Gasteiger partial charge in [-0.25, -0.2) is 0 Å². The summed E-state index contributed by atoms with van der Waals surface area (Å²) in [4.78, 5) is 15.1. The number of aromatic hydroxyl groups is 1. The quantitative estimate of drug-likeness (QED) is 0.706. The summed E-state index contributed by atoms with van der Waals surface area (Å²) in [6.07, 6.45) is 1.13. The average molecular weight is 232 g/mol. The zero-order chi connectivity index (χ0) is 12.4. The van der Waals surface area contributed by atoms with E-state index >= 15 is 0 Å². The zero-order valence-electron chi connectivity index (χ0n) is 9.79. The van der Waals surface area contributed by atoms with Crippen LogP contribution in [0.1, 0.15) is 28.9 Å². The van der Waals surface area contributed by atoms with E-state index in [1.165, 1.54) is 0 Å². The molecule has 0 bridgehead atoms. The van der Waals surface area contributed by atoms with Crippen LogP contribution in [-0.4, -0.2) is 22.4 Å². The fourth-order valence-corrected chi connectivity index (χ4v) is 2.08. The van der Waals surface area contributed by atoms with Crippen LogP contribution in [0.5, 0.6) is 5.75 Å². The zero-order valence-corrected chi connectivity index (χ0v) is 9.79. The van der Waals surface area contributed by atoms with Gasteiger partial charge >= 0.3 is 0 Å². The van der Waals surface area contributed by atoms with Crippen molar-refractivity contribution in [1.82, 2.24) is 4.98 Å². The molecule has 90 valence electrons. The Balaban J connectivity index is 2.50. The standard InChI is InChI=1S/C13H16N2O2/c1-8-12(10(16)6-3-7-14)9-4-2-5-11(17)13(9)15-8/h2,4-5,15,17H,3,6-7,14H2,1H3. The molecule has 2 aromatic rings. The Morgan fingerprint density at radius 1 is 1.47 bits per heavy atom. The minimum Gasteiger partial charge on any atom is -0.506 e. The Morgan fingerprint density at radius 2 is 2.24 bits per heavy atom. The van der Waals surface area contributed by atoms with Gasteiger partial charge in [0.2, 0.25) is 0 Å². The van der Waals surface area contributed by atoms with Crippen LogP contribution in [0.2, 0.25) is 0 Å². The summed E-state index contributed by atoms with van der Waals surface area (Å²) in [6.45, 7) is 2.35. The number of para-hydroxylation sites is 1. The van der Waals surface area contributed by atoms with Crippen LogP contribution in [0, 0.1) is 6.92 Å². The Bertz CT molecular complexity index is 558. The van der Waals surface area contributed by atoms with Crippen LogP contribution in [-0.2, 0) is 0 Å². The highest BCUT2D eigenvalue weighted by atomic mass is 16.3. The number of benzene rings is 1. The summed E-state index contributed by atoms with van der Waals surface area (Å²) in [6, 6.07) is 5.19. The summed E-state index contributed by atoms with van der Waals surface area (Å²) in [5.74, 6) is 0.244. The van der Waals surface area contributed by atoms with Gasteiger partial charge in [0.15, 0.2) is 5.78 Å². The molecule has 0 radical (unpaired) electrons. The lowest BCUT2D eigenvalue weighted by Crippen LogP contribution is -2.05. The van der Waals surface area contributed by atoms with E-state index in [4.69, 9.17) is 5.73 Å². The van der Waals surface area contributed by atoms with Crippen molar-refractivity contribution in [2.24, 2.45) is 5.73 Å². The molecule has 0 fully saturated rings. The van der Waals surface area contributed by atoms with Crippen molar-refractivity contribution in [3.63, 3.8) is 0 Å². The molecule has 4 heteroatoms. The van der Waals surface area contributed by atoms with Crippen LogP contribution < -0.4 is 5.73 Å². The van der Waals surface area contributed by atoms with Gasteiger partial charge < -0.3 is 15.8 Å². The van der Waals surface area contributed by atoms with Gasteiger partial charge in [0.1, 0.15) is 5.75 Å². The molecule has 2 rings (SSSR count). The third-order valence-corrected chi connectivity index (χ3v) is 2.89. The average Bonchev–Trinajstić information content (AvgIpc) is 2.64. The van der Waals surface area contributed by atoms with Crippen molar-refractivity contribution in [3.05, 3.63) is 29.5 Å². The van der Waals surface area contributed by atoms with Crippen LogP contribution >= 0.6 is 0 Å². The summed E-state index contributed by atoms with van der Waals surface area (Å²) < 4.78 is 0. The molecule has 0 aliphatic heterocycles. The fourth-order valence-electron chi connectivity index (χ4n) is 2.08. The number of nitrogens with two attached hydrogens (primary N) is 1. The molecule has 1 heterocycles. The van der Waals surface area contributed by atoms with Gasteiger partial charge in [-0.3, -0.25) is 4.79 Å². The molecule has 4 nitrogen and oxygen atoms in total. The molecule has 4 N–H and O–H groups in total. The Labute approximate surface area is 99.4 Å². The van der Waals surface area contributed by atoms with Gasteiger partial charge in [0, 0.05) is 23.1 Å². The number of aromatic nitrogens is 1. The molecule has 0 atom stereocenters. The molecule has 0 spiro atoms. The number of aromatic amines is 1. The van der Waals surface area contributed by atoms with E-state index in [0.717, 1.165) is 11.1 Å². The second kappa shape index (κ2) is 4.59. The number of aryl methyl sites for hydroxylation is 1. The largest absolute Gasteiger partial charge is 0.506 e. The van der Waals surface area contributed by atoms with Crippen molar-refractivity contribution >= 4 is 16.7 Å². The maximum atomic E-state index is 12.1. The lowest BCUT2D eigenvalue weighted by atomic mass is 10.0. The number of phenolic OH excluding ortho intramolecular Hbond substituents is 1. The number of ketones is 1. The van der Waals surface area contributed by atoms with Crippen molar-refractivity contribution < 1.29 is 9.90 Å². The van der Waals surface area contributed by atoms with Gasteiger partial charge in [0.25, 0.3) is 0 Å². The third kappa shape index (κ3) is 2.03. The van der Waals surface area contributed by atoms with Gasteiger partial charge in [-0.15, -0.1) is 0 Å². The highest BCUT2D eigenvalue weighted by Gasteiger charge is 2.16. The summed E-state index contributed by atoms with van der Waals surface area (Å²) >= 11 is 0. The number of hydrogen-bond donors (Lipinski definition) is 3. The van der Waals surface area contributed by atoms with E-state index < -0.39 is 0 Å². The molecule has 0 saturated heterocycles. The minimum absolute atomic E-state index is 0.0739. The molecule has 1 aromatic carbocycles. The van der Waals surface area contributed by atoms with Crippen molar-refractivity contribution in [3.8, 4) is 5.75 Å². The number of fused-ring (bicyclic) bond motifs is 1. The monoisotopic (exact) mass is 232 g/mol. The van der Waals surface area contributed by atoms with Gasteiger partial charge in [0.05, 0.1) is 5.52 Å². The number of carbonyl (C=O) groups excluding carboxylic acids is 1. The van der Waals surface area contributed by atoms with E-state index in [1.807, 2.05) is 13.0 Å². The summed E-state index contributed by atoms with van der Waals surface area (Å²) in [5, 5.41) is 10.5. The molecule has 0 amide bonds. The smallest absolute Gasteiger partial charge is 0.165 e. The highest BCUT2D eigenvalue weighted by molar-refractivity contribution is 6.10. The maximum absolute atomic E-state index is 12.1. The lowest BCUT2D eigenvalue weighted by molar-refractivity contribution is 0.0982. The first-order valence-corrected chi connectivity index (χ1v) is 5.68. The van der Waals surface area contributed by atoms with Crippen molar-refractivity contribution in [2.45, 2.75) is 19.8 Å². The first-order chi connectivity index (χ1) is 8.15. The molecular formula is C13H16N2O2. The Hall–Kier alpha value is -1.81. The van der Waals surface area contributed by atoms with Crippen LogP contribution in [0.3, 0.4) is 0 Å². The predicted molar refractivity (Wildman–Crippen MR) is 67.3 cm³/mol. The van der Waals surface area contributed by atoms with Gasteiger partial charge in [-0.1, -0.05) is 12.1 Å². The SMILES string of the molecule is Cc1[nH]c2c(O)cccc2c1C(=O)CCCN. The van der Waals surface area contributed by atoms with Crippen LogP contribution in [0.15, 0.2) is 18.2 Å². The predicted octanol–water partition coefficient (Wildman–Crippen LogP) is 2.10. The van der Waals surface area contributed by atoms with Crippen LogP contribution in [0.25, 0.3) is 10.9 Å². The van der Waals surface area contributed by atoms with E-state index in [-0.39, 0.29) is 11.5 Å². The second-order valence-electron chi connectivity index (χ2n) is 4.14. The van der Waals surface area contributed by atoms with E-state index in [9.17, 15) is 9.90 Å². The lowest BCUT2D eigenvalue weighted by Gasteiger charge is -2.00. The topological polar surface area (TPSA) is 79.1 Å². The van der Waals surface area contributed by atoms with Crippen molar-refractivity contribution in [1.29, 1.82) is 0 Å². The van der Waals surface area contributed by atoms with Crippen molar-refractivity contribution in [2.75, 3.05) is 6.54 Å². The van der Waals surface area contributed by atoms with E-state index in [1.54, 1.807) is 12.1 Å². The molecular weight excluding hydrogens is 216 g/mol. The first kappa shape index (κ1) is 11.7. The third-order valence-electron chi connectivity index (χ3n) is 2.89. The number of Topliss-reactive ketones (excluding diaryl/α,β-unsaturated/α-hetero) is 1. The highest BCUT2D eigenvalue weighted by Crippen LogP contribution is 2.29. The molecule has 1 aromatic heterocycles. The van der Waals surface area contributed by atoms with Crippen LogP contribution in [0.4, 0.5) is 0 Å². The summed E-state index contributed by atoms with van der Waals surface area (Å²) in [7, 11) is 0. The number of hydrogen-bond acceptors (Lipinski definition) is 3. The fraction of sp³-hybridized carbons (Fsp3) is 0.308. The first-order valence-electron chi connectivity index (χ1n) is 5.68. The minimum atomic E-state index is 0.0739. The summed E-state index contributed by atoms with van der Waals surface area (Å²) in [5.41, 5.74) is 7.50. The molecule has 17 heavy (non-hydrogen) atoms. The number of nitrogens with one attached hydrogen (secondary N) is 1. The molecule has 0 saturated carbocycles. The number of rotatable bonds is 4. The number of H-pyrrole nitrogens is 1. The normalized spacial score (nSPS) is 10.9. The van der Waals surface area contributed by atoms with E-state index in [2.05, 4.69) is 4.98 Å². The Morgan fingerprint density at radius 3 is 2.94 bits per heavy atom.